The van der Waals surface area contributed by atoms with E-state index in [0.29, 0.717) is 30.4 Å². The van der Waals surface area contributed by atoms with E-state index in [4.69, 9.17) is 15.2 Å². The highest BCUT2D eigenvalue weighted by Crippen LogP contribution is 2.37. The first-order chi connectivity index (χ1) is 8.16. The predicted octanol–water partition coefficient (Wildman–Crippen LogP) is 1.13. The van der Waals surface area contributed by atoms with Crippen LogP contribution in [-0.4, -0.2) is 25.2 Å². The monoisotopic (exact) mass is 236 g/mol. The molecule has 0 radical (unpaired) electrons. The predicted molar refractivity (Wildman–Crippen MR) is 64.3 cm³/mol. The van der Waals surface area contributed by atoms with Gasteiger partial charge in [0.2, 0.25) is 5.91 Å². The molecule has 92 valence electrons. The summed E-state index contributed by atoms with van der Waals surface area (Å²) in [6.45, 7) is 2.82. The maximum Gasteiger partial charge on any atom is 0.226 e. The molecule has 0 aliphatic carbocycles. The lowest BCUT2D eigenvalue weighted by atomic mass is 10.2. The van der Waals surface area contributed by atoms with Gasteiger partial charge in [-0.1, -0.05) is 6.07 Å². The number of amides is 1. The minimum absolute atomic E-state index is 0.123. The molecule has 1 heterocycles. The van der Waals surface area contributed by atoms with Crippen molar-refractivity contribution >= 4 is 11.6 Å². The molecule has 5 heteroatoms. The Balaban J connectivity index is 2.13. The van der Waals surface area contributed by atoms with Gasteiger partial charge in [0.1, 0.15) is 13.2 Å². The highest BCUT2D eigenvalue weighted by atomic mass is 16.6. The van der Waals surface area contributed by atoms with Crippen molar-refractivity contribution in [1.29, 1.82) is 0 Å². The van der Waals surface area contributed by atoms with Gasteiger partial charge >= 0.3 is 0 Å². The minimum atomic E-state index is -0.160. The van der Waals surface area contributed by atoms with Gasteiger partial charge in [-0.2, -0.15) is 0 Å². The van der Waals surface area contributed by atoms with Gasteiger partial charge < -0.3 is 20.5 Å². The second-order valence-corrected chi connectivity index (χ2v) is 4.06. The van der Waals surface area contributed by atoms with Crippen LogP contribution < -0.4 is 20.5 Å². The molecule has 0 saturated carbocycles. The number of nitrogens with two attached hydrogens (primary N) is 1. The largest absolute Gasteiger partial charge is 0.486 e. The number of carbonyl (C=O) groups excluding carboxylic acids is 1. The molecule has 0 spiro atoms. The van der Waals surface area contributed by atoms with E-state index in [1.54, 1.807) is 13.0 Å². The molecule has 5 nitrogen and oxygen atoms in total. The number of fused-ring (bicyclic) bond motifs is 1. The lowest BCUT2D eigenvalue weighted by Crippen LogP contribution is -2.24. The van der Waals surface area contributed by atoms with Crippen molar-refractivity contribution in [3.05, 3.63) is 18.2 Å². The summed E-state index contributed by atoms with van der Waals surface area (Å²) in [5.74, 6) is 1.13. The van der Waals surface area contributed by atoms with E-state index in [1.165, 1.54) is 0 Å². The zero-order valence-electron chi connectivity index (χ0n) is 9.73. The number of hydrogen-bond donors (Lipinski definition) is 2. The van der Waals surface area contributed by atoms with Crippen LogP contribution in [-0.2, 0) is 4.79 Å². The molecule has 2 rings (SSSR count). The van der Waals surface area contributed by atoms with Crippen molar-refractivity contribution < 1.29 is 14.3 Å². The molecule has 1 atom stereocenters. The number of carbonyl (C=O) groups is 1. The third kappa shape index (κ3) is 2.88. The van der Waals surface area contributed by atoms with Crippen LogP contribution in [0.3, 0.4) is 0 Å². The van der Waals surface area contributed by atoms with Crippen molar-refractivity contribution in [2.45, 2.75) is 19.4 Å². The summed E-state index contributed by atoms with van der Waals surface area (Å²) in [4.78, 5) is 11.6. The summed E-state index contributed by atoms with van der Waals surface area (Å²) in [5.41, 5.74) is 6.20. The van der Waals surface area contributed by atoms with Crippen molar-refractivity contribution in [1.82, 2.24) is 0 Å². The van der Waals surface area contributed by atoms with Gasteiger partial charge in [0, 0.05) is 12.5 Å². The fourth-order valence-electron chi connectivity index (χ4n) is 1.67. The first-order valence-electron chi connectivity index (χ1n) is 5.61. The highest BCUT2D eigenvalue weighted by molar-refractivity contribution is 5.93. The van der Waals surface area contributed by atoms with Crippen LogP contribution in [0.2, 0.25) is 0 Å². The zero-order valence-corrected chi connectivity index (χ0v) is 9.73. The Morgan fingerprint density at radius 3 is 3.00 bits per heavy atom. The quantitative estimate of drug-likeness (QED) is 0.825. The summed E-state index contributed by atoms with van der Waals surface area (Å²) in [6.07, 6.45) is 0.282. The van der Waals surface area contributed by atoms with Gasteiger partial charge in [0.25, 0.3) is 0 Å². The first kappa shape index (κ1) is 11.7. The molecule has 1 amide bonds. The molecule has 1 unspecified atom stereocenters. The van der Waals surface area contributed by atoms with E-state index in [9.17, 15) is 4.79 Å². The summed E-state index contributed by atoms with van der Waals surface area (Å²) in [6, 6.07) is 5.25. The average Bonchev–Trinajstić information content (AvgIpc) is 2.28. The summed E-state index contributed by atoms with van der Waals surface area (Å²) < 4.78 is 10.9. The van der Waals surface area contributed by atoms with E-state index in [0.717, 1.165) is 0 Å². The van der Waals surface area contributed by atoms with Crippen LogP contribution in [0.1, 0.15) is 13.3 Å². The number of benzene rings is 1. The van der Waals surface area contributed by atoms with Crippen LogP contribution in [0.5, 0.6) is 11.5 Å². The Kier molecular flexibility index (Phi) is 3.49. The maximum absolute atomic E-state index is 11.6. The Hall–Kier alpha value is -1.75. The van der Waals surface area contributed by atoms with Crippen LogP contribution in [0.4, 0.5) is 5.69 Å². The molecule has 0 fully saturated rings. The molecule has 1 aromatic rings. The number of ether oxygens (including phenoxy) is 2. The average molecular weight is 236 g/mol. The topological polar surface area (TPSA) is 73.6 Å². The molecule has 17 heavy (non-hydrogen) atoms. The van der Waals surface area contributed by atoms with Gasteiger partial charge in [-0.25, -0.2) is 0 Å². The number of anilines is 1. The third-order valence-electron chi connectivity index (χ3n) is 2.35. The number of nitrogens with one attached hydrogen (secondary N) is 1. The van der Waals surface area contributed by atoms with Crippen LogP contribution in [0.15, 0.2) is 18.2 Å². The normalized spacial score (nSPS) is 15.2. The van der Waals surface area contributed by atoms with Gasteiger partial charge in [-0.3, -0.25) is 4.79 Å². The van der Waals surface area contributed by atoms with Gasteiger partial charge in [0.05, 0.1) is 5.69 Å². The molecule has 0 saturated heterocycles. The summed E-state index contributed by atoms with van der Waals surface area (Å²) >= 11 is 0. The van der Waals surface area contributed by atoms with E-state index in [1.807, 2.05) is 12.1 Å². The van der Waals surface area contributed by atoms with Gasteiger partial charge in [-0.15, -0.1) is 0 Å². The first-order valence-corrected chi connectivity index (χ1v) is 5.61. The van der Waals surface area contributed by atoms with E-state index < -0.39 is 0 Å². The molecule has 1 aromatic carbocycles. The Morgan fingerprint density at radius 2 is 2.24 bits per heavy atom. The lowest BCUT2D eigenvalue weighted by molar-refractivity contribution is -0.116. The Labute approximate surface area is 99.9 Å². The lowest BCUT2D eigenvalue weighted by Gasteiger charge is -2.21. The number of hydrogen-bond acceptors (Lipinski definition) is 4. The van der Waals surface area contributed by atoms with Crippen molar-refractivity contribution in [3.8, 4) is 11.5 Å². The second-order valence-electron chi connectivity index (χ2n) is 4.06. The van der Waals surface area contributed by atoms with Crippen LogP contribution in [0, 0.1) is 0 Å². The van der Waals surface area contributed by atoms with E-state index >= 15 is 0 Å². The second kappa shape index (κ2) is 5.05. The van der Waals surface area contributed by atoms with Crippen LogP contribution >= 0.6 is 0 Å². The summed E-state index contributed by atoms with van der Waals surface area (Å²) in [5, 5.41) is 2.78. The highest BCUT2D eigenvalue weighted by Gasteiger charge is 2.17. The van der Waals surface area contributed by atoms with Crippen LogP contribution in [0.25, 0.3) is 0 Å². The summed E-state index contributed by atoms with van der Waals surface area (Å²) in [7, 11) is 0. The fraction of sp³-hybridized carbons (Fsp3) is 0.417. The Bertz CT molecular complexity index is 418. The minimum Gasteiger partial charge on any atom is -0.486 e. The fourth-order valence-corrected chi connectivity index (χ4v) is 1.67. The van der Waals surface area contributed by atoms with Crippen molar-refractivity contribution in [3.63, 3.8) is 0 Å². The standard InChI is InChI=1S/C12H16N2O3/c1-8(13)7-11(15)14-9-3-2-4-10-12(9)17-6-5-16-10/h2-4,8H,5-7,13H2,1H3,(H,14,15). The Morgan fingerprint density at radius 1 is 1.47 bits per heavy atom. The molecule has 0 aromatic heterocycles. The zero-order chi connectivity index (χ0) is 12.3. The molecule has 3 N–H and O–H groups in total. The third-order valence-corrected chi connectivity index (χ3v) is 2.35. The number of para-hydroxylation sites is 1. The smallest absolute Gasteiger partial charge is 0.226 e. The van der Waals surface area contributed by atoms with E-state index in [-0.39, 0.29) is 18.4 Å². The van der Waals surface area contributed by atoms with E-state index in [2.05, 4.69) is 5.32 Å². The molecular formula is C12H16N2O3. The molecular weight excluding hydrogens is 220 g/mol. The molecule has 1 aliphatic rings. The molecule has 0 bridgehead atoms. The molecule has 1 aliphatic heterocycles. The van der Waals surface area contributed by atoms with Gasteiger partial charge in [-0.05, 0) is 19.1 Å². The number of rotatable bonds is 3. The van der Waals surface area contributed by atoms with Gasteiger partial charge in [0.15, 0.2) is 11.5 Å². The maximum atomic E-state index is 11.6. The van der Waals surface area contributed by atoms with Crippen molar-refractivity contribution in [2.75, 3.05) is 18.5 Å². The SMILES string of the molecule is CC(N)CC(=O)Nc1cccc2c1OCCO2. The van der Waals surface area contributed by atoms with Crippen molar-refractivity contribution in [2.24, 2.45) is 5.73 Å².